The number of nitrogens with two attached hydrogens (primary N) is 1. The minimum atomic E-state index is -3.66. The molecule has 2 aromatic rings. The fourth-order valence-electron chi connectivity index (χ4n) is 2.27. The van der Waals surface area contributed by atoms with Gasteiger partial charge in [0.05, 0.1) is 0 Å². The molecule has 0 spiro atoms. The van der Waals surface area contributed by atoms with E-state index in [2.05, 4.69) is 4.98 Å². The number of aromatic nitrogens is 1. The van der Waals surface area contributed by atoms with E-state index in [0.717, 1.165) is 5.56 Å². The van der Waals surface area contributed by atoms with Gasteiger partial charge in [0.2, 0.25) is 10.0 Å². The van der Waals surface area contributed by atoms with Crippen LogP contribution in [0.1, 0.15) is 22.6 Å². The molecule has 0 atom stereocenters. The van der Waals surface area contributed by atoms with Gasteiger partial charge in [-0.2, -0.15) is 4.31 Å². The van der Waals surface area contributed by atoms with Gasteiger partial charge in [-0.15, -0.1) is 0 Å². The van der Waals surface area contributed by atoms with Crippen LogP contribution in [0.25, 0.3) is 0 Å². The van der Waals surface area contributed by atoms with Crippen LogP contribution in [0.4, 0.5) is 0 Å². The van der Waals surface area contributed by atoms with Crippen LogP contribution < -0.4 is 5.73 Å². The smallest absolute Gasteiger partial charge is 0.246 e. The zero-order valence-electron chi connectivity index (χ0n) is 12.3. The predicted molar refractivity (Wildman–Crippen MR) is 79.0 cm³/mol. The third-order valence-corrected chi connectivity index (χ3v) is 5.32. The largest absolute Gasteiger partial charge is 0.465 e. The highest BCUT2D eigenvalue weighted by Gasteiger charge is 2.29. The molecule has 7 heteroatoms. The van der Waals surface area contributed by atoms with Crippen LogP contribution in [-0.4, -0.2) is 24.8 Å². The molecule has 21 heavy (non-hydrogen) atoms. The summed E-state index contributed by atoms with van der Waals surface area (Å²) in [5, 5.41) is 0. The van der Waals surface area contributed by atoms with Crippen LogP contribution in [0, 0.1) is 13.8 Å². The van der Waals surface area contributed by atoms with Gasteiger partial charge in [0, 0.05) is 38.1 Å². The highest BCUT2D eigenvalue weighted by molar-refractivity contribution is 7.89. The Morgan fingerprint density at radius 1 is 1.33 bits per heavy atom. The van der Waals surface area contributed by atoms with E-state index in [0.29, 0.717) is 17.1 Å². The van der Waals surface area contributed by atoms with Crippen molar-refractivity contribution in [2.75, 3.05) is 7.05 Å². The van der Waals surface area contributed by atoms with Gasteiger partial charge in [0.15, 0.2) is 0 Å². The molecule has 2 aromatic heterocycles. The zero-order valence-corrected chi connectivity index (χ0v) is 13.1. The number of hydrogen-bond donors (Lipinski definition) is 1. The van der Waals surface area contributed by atoms with E-state index in [4.69, 9.17) is 10.2 Å². The second kappa shape index (κ2) is 5.97. The first kappa shape index (κ1) is 15.7. The standard InChI is InChI=1S/C14H19N3O3S/c1-10-13(7-15)14(11(2)20-10)21(18,19)17(3)9-12-5-4-6-16-8-12/h4-6,8H,7,9,15H2,1-3H3. The molecule has 0 aliphatic carbocycles. The Labute approximate surface area is 124 Å². The van der Waals surface area contributed by atoms with Gasteiger partial charge in [-0.3, -0.25) is 4.98 Å². The summed E-state index contributed by atoms with van der Waals surface area (Å²) >= 11 is 0. The average molecular weight is 309 g/mol. The summed E-state index contributed by atoms with van der Waals surface area (Å²) in [6.07, 6.45) is 3.29. The van der Waals surface area contributed by atoms with Gasteiger partial charge in [0.1, 0.15) is 16.4 Å². The van der Waals surface area contributed by atoms with E-state index >= 15 is 0 Å². The Bertz CT molecular complexity index is 723. The third-order valence-electron chi connectivity index (χ3n) is 3.33. The van der Waals surface area contributed by atoms with Crippen molar-refractivity contribution in [3.8, 4) is 0 Å². The first-order chi connectivity index (χ1) is 9.87. The number of pyridine rings is 1. The van der Waals surface area contributed by atoms with Crippen LogP contribution in [0.3, 0.4) is 0 Å². The summed E-state index contributed by atoms with van der Waals surface area (Å²) in [6, 6.07) is 3.60. The van der Waals surface area contributed by atoms with E-state index in [1.165, 1.54) is 11.4 Å². The molecule has 0 unspecified atom stereocenters. The van der Waals surface area contributed by atoms with Crippen LogP contribution in [0.15, 0.2) is 33.8 Å². The lowest BCUT2D eigenvalue weighted by Crippen LogP contribution is -2.28. The lowest BCUT2D eigenvalue weighted by Gasteiger charge is -2.17. The average Bonchev–Trinajstić information content (AvgIpc) is 2.74. The first-order valence-electron chi connectivity index (χ1n) is 6.52. The van der Waals surface area contributed by atoms with E-state index in [1.54, 1.807) is 32.3 Å². The number of hydrogen-bond acceptors (Lipinski definition) is 5. The molecule has 0 fully saturated rings. The molecule has 0 saturated carbocycles. The van der Waals surface area contributed by atoms with Crippen molar-refractivity contribution in [2.45, 2.75) is 31.8 Å². The molecule has 0 radical (unpaired) electrons. The molecule has 0 saturated heterocycles. The van der Waals surface area contributed by atoms with E-state index in [9.17, 15) is 8.42 Å². The molecule has 6 nitrogen and oxygen atoms in total. The monoisotopic (exact) mass is 309 g/mol. The van der Waals surface area contributed by atoms with Crippen molar-refractivity contribution in [2.24, 2.45) is 5.73 Å². The van der Waals surface area contributed by atoms with E-state index in [1.807, 2.05) is 6.07 Å². The van der Waals surface area contributed by atoms with Crippen LogP contribution in [-0.2, 0) is 23.1 Å². The van der Waals surface area contributed by atoms with Crippen LogP contribution >= 0.6 is 0 Å². The van der Waals surface area contributed by atoms with Crippen molar-refractivity contribution in [3.05, 3.63) is 47.2 Å². The summed E-state index contributed by atoms with van der Waals surface area (Å²) in [4.78, 5) is 4.16. The highest BCUT2D eigenvalue weighted by Crippen LogP contribution is 2.28. The molecule has 114 valence electrons. The van der Waals surface area contributed by atoms with E-state index < -0.39 is 10.0 Å². The summed E-state index contributed by atoms with van der Waals surface area (Å²) < 4.78 is 32.2. The van der Waals surface area contributed by atoms with Gasteiger partial charge in [-0.25, -0.2) is 8.42 Å². The van der Waals surface area contributed by atoms with Gasteiger partial charge in [-0.1, -0.05) is 6.07 Å². The molecule has 0 aromatic carbocycles. The SMILES string of the molecule is Cc1oc(C)c(S(=O)(=O)N(C)Cc2cccnc2)c1CN. The molecular formula is C14H19N3O3S. The highest BCUT2D eigenvalue weighted by atomic mass is 32.2. The van der Waals surface area contributed by atoms with Crippen LogP contribution in [0.2, 0.25) is 0 Å². The van der Waals surface area contributed by atoms with Gasteiger partial charge < -0.3 is 10.2 Å². The topological polar surface area (TPSA) is 89.4 Å². The molecule has 0 aliphatic heterocycles. The Hall–Kier alpha value is -1.70. The Morgan fingerprint density at radius 2 is 2.05 bits per heavy atom. The number of furan rings is 1. The molecule has 0 amide bonds. The maximum Gasteiger partial charge on any atom is 0.246 e. The third kappa shape index (κ3) is 2.99. The minimum Gasteiger partial charge on any atom is -0.465 e. The fraction of sp³-hybridized carbons (Fsp3) is 0.357. The fourth-order valence-corrected chi connectivity index (χ4v) is 3.85. The zero-order chi connectivity index (χ0) is 15.6. The van der Waals surface area contributed by atoms with Crippen molar-refractivity contribution >= 4 is 10.0 Å². The minimum absolute atomic E-state index is 0.123. The summed E-state index contributed by atoms with van der Waals surface area (Å²) in [5.41, 5.74) is 7.01. The predicted octanol–water partition coefficient (Wildman–Crippen LogP) is 1.57. The molecular weight excluding hydrogens is 290 g/mol. The Kier molecular flexibility index (Phi) is 4.46. The van der Waals surface area contributed by atoms with E-state index in [-0.39, 0.29) is 18.0 Å². The Morgan fingerprint density at radius 3 is 2.62 bits per heavy atom. The lowest BCUT2D eigenvalue weighted by molar-refractivity contribution is 0.459. The maximum atomic E-state index is 12.7. The maximum absolute atomic E-state index is 12.7. The Balaban J connectivity index is 2.38. The van der Waals surface area contributed by atoms with Crippen LogP contribution in [0.5, 0.6) is 0 Å². The van der Waals surface area contributed by atoms with Gasteiger partial charge in [0.25, 0.3) is 0 Å². The number of nitrogens with zero attached hydrogens (tertiary/aromatic N) is 2. The number of sulfonamides is 1. The summed E-state index contributed by atoms with van der Waals surface area (Å²) in [5.74, 6) is 0.911. The number of rotatable bonds is 5. The normalized spacial score (nSPS) is 12.0. The quantitative estimate of drug-likeness (QED) is 0.905. The molecule has 0 bridgehead atoms. The molecule has 2 rings (SSSR count). The van der Waals surface area contributed by atoms with Crippen molar-refractivity contribution in [1.82, 2.24) is 9.29 Å². The summed E-state index contributed by atoms with van der Waals surface area (Å²) in [6.45, 7) is 3.72. The first-order valence-corrected chi connectivity index (χ1v) is 7.96. The molecule has 2 heterocycles. The molecule has 0 aliphatic rings. The van der Waals surface area contributed by atoms with Gasteiger partial charge >= 0.3 is 0 Å². The van der Waals surface area contributed by atoms with Gasteiger partial charge in [-0.05, 0) is 25.5 Å². The van der Waals surface area contributed by atoms with Crippen molar-refractivity contribution in [1.29, 1.82) is 0 Å². The molecule has 2 N–H and O–H groups in total. The second-order valence-corrected chi connectivity index (χ2v) is 6.83. The second-order valence-electron chi connectivity index (χ2n) is 4.85. The lowest BCUT2D eigenvalue weighted by atomic mass is 10.2. The van der Waals surface area contributed by atoms with Crippen molar-refractivity contribution < 1.29 is 12.8 Å². The summed E-state index contributed by atoms with van der Waals surface area (Å²) in [7, 11) is -2.13. The van der Waals surface area contributed by atoms with Crippen molar-refractivity contribution in [3.63, 3.8) is 0 Å². The number of aryl methyl sites for hydroxylation is 2.